The number of aromatic nitrogens is 4. The summed E-state index contributed by atoms with van der Waals surface area (Å²) < 4.78 is 35.4. The number of nitrogen functional groups attached to an aromatic ring is 1. The standard InChI is InChI=1S/C31H58N5O7PS/c1-4-6-8-9-10-11-12-13-14-16-23-45-27(18-15-7-5-2)26(3)41-19-17-20-42-44(38,39)43-22-21-40-25-36-24-33-28-29(36)34-31(32)35-30(28)37/h24,26-27H,4-23,25H2,1-3H3,(H,38,39)(H3,32,34,35,37). The number of unbranched alkanes of at least 4 members (excludes halogenated alkanes) is 11. The monoisotopic (exact) mass is 675 g/mol. The molecule has 4 N–H and O–H groups in total. The fraction of sp³-hybridized carbons (Fsp3) is 0.839. The summed E-state index contributed by atoms with van der Waals surface area (Å²) in [6.07, 6.45) is 20.3. The summed E-state index contributed by atoms with van der Waals surface area (Å²) in [6, 6.07) is 0. The number of phosphoric acid groups is 1. The molecule has 45 heavy (non-hydrogen) atoms. The minimum Gasteiger partial charge on any atom is -0.377 e. The normalized spacial score (nSPS) is 14.6. The molecule has 2 heterocycles. The maximum atomic E-state index is 12.2. The van der Waals surface area contributed by atoms with Gasteiger partial charge in [-0.3, -0.25) is 23.4 Å². The van der Waals surface area contributed by atoms with Crippen molar-refractivity contribution in [3.63, 3.8) is 0 Å². The minimum atomic E-state index is -4.22. The van der Waals surface area contributed by atoms with E-state index in [-0.39, 0.29) is 49.8 Å². The molecule has 0 aliphatic heterocycles. The molecule has 0 aliphatic carbocycles. The van der Waals surface area contributed by atoms with Crippen molar-refractivity contribution < 1.29 is 28.0 Å². The summed E-state index contributed by atoms with van der Waals surface area (Å²) in [5, 5.41) is 0.456. The smallest absolute Gasteiger partial charge is 0.377 e. The molecule has 0 aliphatic rings. The fourth-order valence-corrected chi connectivity index (χ4v) is 7.06. The van der Waals surface area contributed by atoms with Gasteiger partial charge >= 0.3 is 7.82 Å². The highest BCUT2D eigenvalue weighted by atomic mass is 32.2. The average Bonchev–Trinajstić information content (AvgIpc) is 3.41. The number of fused-ring (bicyclic) bond motifs is 1. The lowest BCUT2D eigenvalue weighted by Crippen LogP contribution is -2.24. The summed E-state index contributed by atoms with van der Waals surface area (Å²) in [6.45, 7) is 7.01. The van der Waals surface area contributed by atoms with Gasteiger partial charge in [0.05, 0.1) is 32.3 Å². The number of rotatable bonds is 29. The largest absolute Gasteiger partial charge is 0.472 e. The van der Waals surface area contributed by atoms with Gasteiger partial charge in [-0.25, -0.2) is 9.55 Å². The number of aromatic amines is 1. The van der Waals surface area contributed by atoms with Gasteiger partial charge < -0.3 is 20.1 Å². The molecule has 3 atom stereocenters. The molecule has 14 heteroatoms. The van der Waals surface area contributed by atoms with Gasteiger partial charge in [0.2, 0.25) is 5.95 Å². The second kappa shape index (κ2) is 23.8. The maximum absolute atomic E-state index is 12.2. The van der Waals surface area contributed by atoms with E-state index in [1.165, 1.54) is 100 Å². The molecule has 0 saturated heterocycles. The quantitative estimate of drug-likeness (QED) is 0.0590. The summed E-state index contributed by atoms with van der Waals surface area (Å²) in [5.41, 5.74) is 5.57. The highest BCUT2D eigenvalue weighted by Crippen LogP contribution is 2.43. The Morgan fingerprint density at radius 3 is 2.29 bits per heavy atom. The number of nitrogens with zero attached hydrogens (tertiary/aromatic N) is 3. The second-order valence-electron chi connectivity index (χ2n) is 11.5. The average molecular weight is 676 g/mol. The molecule has 0 amide bonds. The summed E-state index contributed by atoms with van der Waals surface area (Å²) in [5.74, 6) is 1.14. The Bertz CT molecular complexity index is 1150. The van der Waals surface area contributed by atoms with Crippen LogP contribution in [0.4, 0.5) is 5.95 Å². The first-order valence-corrected chi connectivity index (χ1v) is 19.4. The van der Waals surface area contributed by atoms with Gasteiger partial charge in [-0.05, 0) is 31.9 Å². The van der Waals surface area contributed by atoms with Crippen molar-refractivity contribution in [2.24, 2.45) is 0 Å². The molecule has 0 aromatic carbocycles. The first-order chi connectivity index (χ1) is 21.8. The van der Waals surface area contributed by atoms with E-state index in [9.17, 15) is 14.3 Å². The number of nitrogens with two attached hydrogens (primary N) is 1. The molecule has 2 aromatic heterocycles. The van der Waals surface area contributed by atoms with Crippen LogP contribution in [0.1, 0.15) is 117 Å². The first-order valence-electron chi connectivity index (χ1n) is 16.9. The van der Waals surface area contributed by atoms with Crippen molar-refractivity contribution in [2.75, 3.05) is 37.9 Å². The SMILES string of the molecule is CCCCCCCCCCCCSC(CCCCC)C(C)OCCCOP(=O)(O)OCCOCn1cnc2c(=O)[nH]c(N)nc21. The van der Waals surface area contributed by atoms with E-state index in [4.69, 9.17) is 24.3 Å². The predicted octanol–water partition coefficient (Wildman–Crippen LogP) is 7.21. The molecule has 3 unspecified atom stereocenters. The highest BCUT2D eigenvalue weighted by Gasteiger charge is 2.21. The Morgan fingerprint density at radius 2 is 1.58 bits per heavy atom. The highest BCUT2D eigenvalue weighted by molar-refractivity contribution is 7.99. The number of phosphoric ester groups is 1. The van der Waals surface area contributed by atoms with E-state index in [0.717, 1.165) is 6.42 Å². The number of hydrogen-bond donors (Lipinski definition) is 3. The topological polar surface area (TPSA) is 164 Å². The fourth-order valence-electron chi connectivity index (χ4n) is 4.97. The number of imidazole rings is 1. The lowest BCUT2D eigenvalue weighted by Gasteiger charge is -2.24. The van der Waals surface area contributed by atoms with Crippen molar-refractivity contribution in [3.05, 3.63) is 16.7 Å². The predicted molar refractivity (Wildman–Crippen MR) is 183 cm³/mol. The Balaban J connectivity index is 1.56. The molecular formula is C31H58N5O7PS. The summed E-state index contributed by atoms with van der Waals surface area (Å²) in [4.78, 5) is 32.3. The molecule has 2 rings (SSSR count). The van der Waals surface area contributed by atoms with Crippen LogP contribution in [0, 0.1) is 0 Å². The Hall–Kier alpha value is -1.47. The van der Waals surface area contributed by atoms with E-state index >= 15 is 0 Å². The third-order valence-electron chi connectivity index (χ3n) is 7.58. The molecule has 0 fully saturated rings. The van der Waals surface area contributed by atoms with E-state index in [1.807, 2.05) is 11.8 Å². The van der Waals surface area contributed by atoms with Gasteiger partial charge in [0.1, 0.15) is 6.73 Å². The van der Waals surface area contributed by atoms with Crippen LogP contribution >= 0.6 is 19.6 Å². The van der Waals surface area contributed by atoms with Gasteiger partial charge in [-0.1, -0.05) is 90.9 Å². The molecule has 2 aromatic rings. The van der Waals surface area contributed by atoms with Crippen LogP contribution in [0.3, 0.4) is 0 Å². The van der Waals surface area contributed by atoms with E-state index in [2.05, 4.69) is 35.7 Å². The van der Waals surface area contributed by atoms with Crippen LogP contribution in [-0.2, 0) is 29.8 Å². The molecule has 260 valence electrons. The first kappa shape index (κ1) is 39.7. The lowest BCUT2D eigenvalue weighted by atomic mass is 10.1. The number of ether oxygens (including phenoxy) is 2. The van der Waals surface area contributed by atoms with Crippen LogP contribution in [0.15, 0.2) is 11.1 Å². The third-order valence-corrected chi connectivity index (χ3v) is 10.2. The molecular weight excluding hydrogens is 617 g/mol. The second-order valence-corrected chi connectivity index (χ2v) is 14.3. The van der Waals surface area contributed by atoms with Crippen LogP contribution in [0.2, 0.25) is 0 Å². The zero-order chi connectivity index (χ0) is 32.8. The van der Waals surface area contributed by atoms with E-state index in [0.29, 0.717) is 18.3 Å². The maximum Gasteiger partial charge on any atom is 0.472 e. The van der Waals surface area contributed by atoms with E-state index in [1.54, 1.807) is 0 Å². The van der Waals surface area contributed by atoms with Crippen molar-refractivity contribution in [3.8, 4) is 0 Å². The lowest BCUT2D eigenvalue weighted by molar-refractivity contribution is 0.0365. The molecule has 0 spiro atoms. The Kier molecular flexibility index (Phi) is 21.0. The van der Waals surface area contributed by atoms with Crippen molar-refractivity contribution in [1.29, 1.82) is 0 Å². The number of H-pyrrole nitrogens is 1. The Labute approximate surface area is 273 Å². The van der Waals surface area contributed by atoms with Crippen LogP contribution < -0.4 is 11.3 Å². The number of thioether (sulfide) groups is 1. The van der Waals surface area contributed by atoms with E-state index < -0.39 is 13.4 Å². The zero-order valence-corrected chi connectivity index (χ0v) is 29.5. The molecule has 0 bridgehead atoms. The van der Waals surface area contributed by atoms with Crippen LogP contribution in [0.25, 0.3) is 11.2 Å². The minimum absolute atomic E-state index is 0.0127. The van der Waals surface area contributed by atoms with Crippen LogP contribution in [0.5, 0.6) is 0 Å². The number of hydrogen-bond acceptors (Lipinski definition) is 10. The zero-order valence-electron chi connectivity index (χ0n) is 27.8. The van der Waals surface area contributed by atoms with Gasteiger partial charge in [-0.15, -0.1) is 0 Å². The van der Waals surface area contributed by atoms with Gasteiger partial charge in [0.15, 0.2) is 11.2 Å². The van der Waals surface area contributed by atoms with Crippen molar-refractivity contribution >= 4 is 36.7 Å². The summed E-state index contributed by atoms with van der Waals surface area (Å²) >= 11 is 2.04. The Morgan fingerprint density at radius 1 is 0.933 bits per heavy atom. The number of anilines is 1. The van der Waals surface area contributed by atoms with Gasteiger partial charge in [0.25, 0.3) is 5.56 Å². The van der Waals surface area contributed by atoms with Crippen LogP contribution in [-0.4, -0.2) is 67.9 Å². The molecule has 12 nitrogen and oxygen atoms in total. The number of nitrogens with one attached hydrogen (secondary N) is 1. The van der Waals surface area contributed by atoms with Crippen molar-refractivity contribution in [1.82, 2.24) is 19.5 Å². The molecule has 0 radical (unpaired) electrons. The third kappa shape index (κ3) is 17.3. The van der Waals surface area contributed by atoms with Gasteiger partial charge in [-0.2, -0.15) is 16.7 Å². The van der Waals surface area contributed by atoms with Gasteiger partial charge in [0, 0.05) is 11.9 Å². The van der Waals surface area contributed by atoms with Crippen molar-refractivity contribution in [2.45, 2.75) is 135 Å². The summed E-state index contributed by atoms with van der Waals surface area (Å²) in [7, 11) is -4.22. The molecule has 0 saturated carbocycles.